The van der Waals surface area contributed by atoms with E-state index in [9.17, 15) is 4.79 Å². The molecule has 0 aliphatic heterocycles. The standard InChI is InChI=1S/C18H21NO/c1-14(16-6-4-3-5-7-16)12-13-19-18-10-8-17(9-11-18)15(2)20/h3-11,14,19H,12-13H2,1-2H3. The van der Waals surface area contributed by atoms with E-state index in [0.717, 1.165) is 24.2 Å². The van der Waals surface area contributed by atoms with E-state index >= 15 is 0 Å². The van der Waals surface area contributed by atoms with Crippen LogP contribution in [-0.4, -0.2) is 12.3 Å². The average molecular weight is 267 g/mol. The Kier molecular flexibility index (Phi) is 4.94. The van der Waals surface area contributed by atoms with Crippen LogP contribution in [0, 0.1) is 0 Å². The topological polar surface area (TPSA) is 29.1 Å². The second-order valence-corrected chi connectivity index (χ2v) is 5.16. The summed E-state index contributed by atoms with van der Waals surface area (Å²) in [5.74, 6) is 0.648. The van der Waals surface area contributed by atoms with Crippen molar-refractivity contribution >= 4 is 11.5 Å². The van der Waals surface area contributed by atoms with E-state index in [1.807, 2.05) is 30.3 Å². The minimum absolute atomic E-state index is 0.106. The maximum absolute atomic E-state index is 11.2. The lowest BCUT2D eigenvalue weighted by Gasteiger charge is -2.13. The van der Waals surface area contributed by atoms with E-state index in [0.29, 0.717) is 5.92 Å². The van der Waals surface area contributed by atoms with Gasteiger partial charge in [0.05, 0.1) is 0 Å². The molecule has 0 aliphatic rings. The largest absolute Gasteiger partial charge is 0.385 e. The maximum atomic E-state index is 11.2. The van der Waals surface area contributed by atoms with Crippen molar-refractivity contribution in [2.24, 2.45) is 0 Å². The van der Waals surface area contributed by atoms with Crippen molar-refractivity contribution in [1.82, 2.24) is 0 Å². The van der Waals surface area contributed by atoms with Gasteiger partial charge in [0.25, 0.3) is 0 Å². The summed E-state index contributed by atoms with van der Waals surface area (Å²) in [5.41, 5.74) is 3.20. The lowest BCUT2D eigenvalue weighted by atomic mass is 9.98. The Bertz CT molecular complexity index is 545. The molecule has 104 valence electrons. The molecule has 2 nitrogen and oxygen atoms in total. The molecule has 0 aromatic heterocycles. The van der Waals surface area contributed by atoms with E-state index in [1.54, 1.807) is 6.92 Å². The van der Waals surface area contributed by atoms with Crippen molar-refractivity contribution < 1.29 is 4.79 Å². The number of nitrogens with one attached hydrogen (secondary N) is 1. The molecule has 1 atom stereocenters. The summed E-state index contributed by atoms with van der Waals surface area (Å²) in [6.45, 7) is 4.76. The van der Waals surface area contributed by atoms with Crippen molar-refractivity contribution in [2.75, 3.05) is 11.9 Å². The number of benzene rings is 2. The van der Waals surface area contributed by atoms with Crippen LogP contribution in [0.4, 0.5) is 5.69 Å². The van der Waals surface area contributed by atoms with Crippen LogP contribution in [0.1, 0.15) is 42.1 Å². The number of carbonyl (C=O) groups excluding carboxylic acids is 1. The Balaban J connectivity index is 1.82. The lowest BCUT2D eigenvalue weighted by Crippen LogP contribution is -2.06. The summed E-state index contributed by atoms with van der Waals surface area (Å²) < 4.78 is 0. The first-order valence-electron chi connectivity index (χ1n) is 7.06. The Hall–Kier alpha value is -2.09. The zero-order valence-corrected chi connectivity index (χ0v) is 12.1. The molecule has 2 aromatic rings. The first kappa shape index (κ1) is 14.3. The number of carbonyl (C=O) groups is 1. The van der Waals surface area contributed by atoms with Crippen molar-refractivity contribution in [3.63, 3.8) is 0 Å². The van der Waals surface area contributed by atoms with Crippen LogP contribution in [0.15, 0.2) is 54.6 Å². The number of Topliss-reactive ketones (excluding diaryl/α,β-unsaturated/α-hetero) is 1. The Morgan fingerprint density at radius 1 is 1.05 bits per heavy atom. The summed E-state index contributed by atoms with van der Waals surface area (Å²) in [5, 5.41) is 3.40. The number of hydrogen-bond acceptors (Lipinski definition) is 2. The SMILES string of the molecule is CC(=O)c1ccc(NCCC(C)c2ccccc2)cc1. The summed E-state index contributed by atoms with van der Waals surface area (Å²) in [6.07, 6.45) is 1.08. The third-order valence-electron chi connectivity index (χ3n) is 3.57. The zero-order valence-electron chi connectivity index (χ0n) is 12.1. The first-order valence-corrected chi connectivity index (χ1v) is 7.06. The van der Waals surface area contributed by atoms with Gasteiger partial charge in [0.2, 0.25) is 0 Å². The third-order valence-corrected chi connectivity index (χ3v) is 3.57. The highest BCUT2D eigenvalue weighted by Gasteiger charge is 2.04. The molecule has 2 aromatic carbocycles. The fraction of sp³-hybridized carbons (Fsp3) is 0.278. The van der Waals surface area contributed by atoms with Crippen molar-refractivity contribution in [3.8, 4) is 0 Å². The minimum Gasteiger partial charge on any atom is -0.385 e. The average Bonchev–Trinajstić information content (AvgIpc) is 2.48. The molecular formula is C18H21NO. The molecular weight excluding hydrogens is 246 g/mol. The van der Waals surface area contributed by atoms with Crippen LogP contribution >= 0.6 is 0 Å². The molecule has 2 heteroatoms. The fourth-order valence-corrected chi connectivity index (χ4v) is 2.20. The van der Waals surface area contributed by atoms with Gasteiger partial charge in [0.1, 0.15) is 0 Å². The zero-order chi connectivity index (χ0) is 14.4. The quantitative estimate of drug-likeness (QED) is 0.781. The Labute approximate surface area is 120 Å². The van der Waals surface area contributed by atoms with E-state index in [2.05, 4.69) is 36.5 Å². The molecule has 0 bridgehead atoms. The van der Waals surface area contributed by atoms with Gasteiger partial charge in [-0.3, -0.25) is 4.79 Å². The van der Waals surface area contributed by atoms with Gasteiger partial charge in [0, 0.05) is 17.8 Å². The van der Waals surface area contributed by atoms with Gasteiger partial charge in [-0.2, -0.15) is 0 Å². The number of ketones is 1. The molecule has 0 amide bonds. The first-order chi connectivity index (χ1) is 9.66. The highest BCUT2D eigenvalue weighted by Crippen LogP contribution is 2.18. The van der Waals surface area contributed by atoms with Crippen LogP contribution in [0.3, 0.4) is 0 Å². The van der Waals surface area contributed by atoms with Crippen LogP contribution in [0.25, 0.3) is 0 Å². The summed E-state index contributed by atoms with van der Waals surface area (Å²) in [4.78, 5) is 11.2. The molecule has 20 heavy (non-hydrogen) atoms. The lowest BCUT2D eigenvalue weighted by molar-refractivity contribution is 0.101. The maximum Gasteiger partial charge on any atom is 0.159 e. The minimum atomic E-state index is 0.106. The molecule has 0 saturated carbocycles. The van der Waals surface area contributed by atoms with Gasteiger partial charge in [-0.15, -0.1) is 0 Å². The van der Waals surface area contributed by atoms with Crippen molar-refractivity contribution in [3.05, 3.63) is 65.7 Å². The number of hydrogen-bond donors (Lipinski definition) is 1. The predicted octanol–water partition coefficient (Wildman–Crippen LogP) is 4.49. The molecule has 0 aliphatic carbocycles. The summed E-state index contributed by atoms with van der Waals surface area (Å²) in [7, 11) is 0. The Morgan fingerprint density at radius 2 is 1.70 bits per heavy atom. The molecule has 0 fully saturated rings. The van der Waals surface area contributed by atoms with Gasteiger partial charge in [-0.1, -0.05) is 37.3 Å². The molecule has 0 saturated heterocycles. The molecule has 0 spiro atoms. The van der Waals surface area contributed by atoms with Gasteiger partial charge in [0.15, 0.2) is 5.78 Å². The highest BCUT2D eigenvalue weighted by molar-refractivity contribution is 5.94. The molecule has 1 unspecified atom stereocenters. The predicted molar refractivity (Wildman–Crippen MR) is 84.4 cm³/mol. The normalized spacial score (nSPS) is 11.9. The van der Waals surface area contributed by atoms with Crippen LogP contribution in [0.2, 0.25) is 0 Å². The summed E-state index contributed by atoms with van der Waals surface area (Å²) in [6, 6.07) is 18.2. The van der Waals surface area contributed by atoms with Gasteiger partial charge in [-0.25, -0.2) is 0 Å². The molecule has 1 N–H and O–H groups in total. The summed E-state index contributed by atoms with van der Waals surface area (Å²) >= 11 is 0. The fourth-order valence-electron chi connectivity index (χ4n) is 2.20. The molecule has 0 radical (unpaired) electrons. The second kappa shape index (κ2) is 6.90. The Morgan fingerprint density at radius 3 is 2.30 bits per heavy atom. The van der Waals surface area contributed by atoms with Crippen molar-refractivity contribution in [1.29, 1.82) is 0 Å². The van der Waals surface area contributed by atoms with Crippen LogP contribution < -0.4 is 5.32 Å². The number of rotatable bonds is 6. The van der Waals surface area contributed by atoms with Gasteiger partial charge < -0.3 is 5.32 Å². The van der Waals surface area contributed by atoms with Crippen molar-refractivity contribution in [2.45, 2.75) is 26.2 Å². The molecule has 0 heterocycles. The monoisotopic (exact) mass is 267 g/mol. The molecule has 2 rings (SSSR count). The van der Waals surface area contributed by atoms with E-state index in [4.69, 9.17) is 0 Å². The van der Waals surface area contributed by atoms with E-state index in [-0.39, 0.29) is 5.78 Å². The van der Waals surface area contributed by atoms with Crippen LogP contribution in [-0.2, 0) is 0 Å². The van der Waals surface area contributed by atoms with E-state index in [1.165, 1.54) is 5.56 Å². The van der Waals surface area contributed by atoms with Gasteiger partial charge >= 0.3 is 0 Å². The third kappa shape index (κ3) is 3.95. The van der Waals surface area contributed by atoms with Crippen LogP contribution in [0.5, 0.6) is 0 Å². The number of anilines is 1. The highest BCUT2D eigenvalue weighted by atomic mass is 16.1. The smallest absolute Gasteiger partial charge is 0.159 e. The van der Waals surface area contributed by atoms with E-state index < -0.39 is 0 Å². The second-order valence-electron chi connectivity index (χ2n) is 5.16. The van der Waals surface area contributed by atoms with Gasteiger partial charge in [-0.05, 0) is 49.1 Å².